The molecule has 21 heavy (non-hydrogen) atoms. The summed E-state index contributed by atoms with van der Waals surface area (Å²) in [6, 6.07) is 15.8. The van der Waals surface area contributed by atoms with Gasteiger partial charge in [0.1, 0.15) is 17.4 Å². The third-order valence-electron chi connectivity index (χ3n) is 3.19. The van der Waals surface area contributed by atoms with Gasteiger partial charge in [0.15, 0.2) is 0 Å². The van der Waals surface area contributed by atoms with Crippen LogP contribution in [0.15, 0.2) is 48.5 Å². The van der Waals surface area contributed by atoms with Crippen LogP contribution in [-0.2, 0) is 6.42 Å². The van der Waals surface area contributed by atoms with Gasteiger partial charge in [-0.3, -0.25) is 0 Å². The molecule has 0 amide bonds. The van der Waals surface area contributed by atoms with Gasteiger partial charge in [0, 0.05) is 12.5 Å². The molecule has 3 rings (SSSR count). The molecular formula is C17H17N3O. The number of benzene rings is 2. The minimum absolute atomic E-state index is 0.434. The van der Waals surface area contributed by atoms with E-state index in [0.29, 0.717) is 17.5 Å². The SMILES string of the molecule is CCCc1nc(N)cc(Oc2ccc3ccccc3c2)n1. The molecule has 0 aliphatic rings. The van der Waals surface area contributed by atoms with Crippen molar-refractivity contribution in [2.75, 3.05) is 5.73 Å². The number of rotatable bonds is 4. The van der Waals surface area contributed by atoms with Gasteiger partial charge >= 0.3 is 0 Å². The van der Waals surface area contributed by atoms with E-state index in [4.69, 9.17) is 10.5 Å². The van der Waals surface area contributed by atoms with Crippen LogP contribution in [0.4, 0.5) is 5.82 Å². The zero-order chi connectivity index (χ0) is 14.7. The fraction of sp³-hybridized carbons (Fsp3) is 0.176. The number of hydrogen-bond acceptors (Lipinski definition) is 4. The second-order valence-corrected chi connectivity index (χ2v) is 4.91. The lowest BCUT2D eigenvalue weighted by Gasteiger charge is -2.08. The van der Waals surface area contributed by atoms with E-state index in [1.807, 2.05) is 30.3 Å². The van der Waals surface area contributed by atoms with Gasteiger partial charge in [0.05, 0.1) is 0 Å². The number of aryl methyl sites for hydroxylation is 1. The van der Waals surface area contributed by atoms with Crippen molar-refractivity contribution in [2.45, 2.75) is 19.8 Å². The molecule has 0 spiro atoms. The first-order chi connectivity index (χ1) is 10.2. The van der Waals surface area contributed by atoms with Gasteiger partial charge < -0.3 is 10.5 Å². The topological polar surface area (TPSA) is 61.0 Å². The van der Waals surface area contributed by atoms with Crippen LogP contribution in [-0.4, -0.2) is 9.97 Å². The van der Waals surface area contributed by atoms with E-state index in [1.54, 1.807) is 6.07 Å². The molecule has 0 aliphatic carbocycles. The number of hydrogen-bond donors (Lipinski definition) is 1. The largest absolute Gasteiger partial charge is 0.439 e. The Hall–Kier alpha value is -2.62. The van der Waals surface area contributed by atoms with E-state index in [2.05, 4.69) is 29.0 Å². The molecule has 0 saturated heterocycles. The molecule has 0 fully saturated rings. The molecule has 4 heteroatoms. The smallest absolute Gasteiger partial charge is 0.224 e. The lowest BCUT2D eigenvalue weighted by Crippen LogP contribution is -2.01. The molecule has 0 radical (unpaired) electrons. The minimum atomic E-state index is 0.434. The highest BCUT2D eigenvalue weighted by molar-refractivity contribution is 5.83. The first-order valence-electron chi connectivity index (χ1n) is 7.04. The van der Waals surface area contributed by atoms with Crippen LogP contribution in [0.5, 0.6) is 11.6 Å². The average Bonchev–Trinajstić information content (AvgIpc) is 2.47. The van der Waals surface area contributed by atoms with Crippen LogP contribution in [0.25, 0.3) is 10.8 Å². The minimum Gasteiger partial charge on any atom is -0.439 e. The summed E-state index contributed by atoms with van der Waals surface area (Å²) in [7, 11) is 0. The van der Waals surface area contributed by atoms with Crippen molar-refractivity contribution in [3.05, 3.63) is 54.4 Å². The number of fused-ring (bicyclic) bond motifs is 1. The van der Waals surface area contributed by atoms with Gasteiger partial charge in [0.25, 0.3) is 0 Å². The molecule has 0 saturated carbocycles. The van der Waals surface area contributed by atoms with Crippen molar-refractivity contribution in [1.82, 2.24) is 9.97 Å². The number of ether oxygens (including phenoxy) is 1. The fourth-order valence-electron chi connectivity index (χ4n) is 2.23. The summed E-state index contributed by atoms with van der Waals surface area (Å²) in [6.07, 6.45) is 1.76. The highest BCUT2D eigenvalue weighted by Crippen LogP contribution is 2.25. The molecule has 3 aromatic rings. The molecular weight excluding hydrogens is 262 g/mol. The van der Waals surface area contributed by atoms with Gasteiger partial charge in [-0.2, -0.15) is 4.98 Å². The van der Waals surface area contributed by atoms with Crippen LogP contribution >= 0.6 is 0 Å². The molecule has 0 atom stereocenters. The van der Waals surface area contributed by atoms with Crippen LogP contribution < -0.4 is 10.5 Å². The number of anilines is 1. The van der Waals surface area contributed by atoms with E-state index in [1.165, 1.54) is 5.39 Å². The Kier molecular flexibility index (Phi) is 3.69. The predicted octanol–water partition coefficient (Wildman–Crippen LogP) is 3.96. The molecule has 106 valence electrons. The number of nitrogens with two attached hydrogens (primary N) is 1. The standard InChI is InChI=1S/C17H17N3O/c1-2-5-16-19-15(18)11-17(20-16)21-14-9-8-12-6-3-4-7-13(12)10-14/h3-4,6-11H,2,5H2,1H3,(H2,18,19,20). The molecule has 2 N–H and O–H groups in total. The number of nitrogens with zero attached hydrogens (tertiary/aromatic N) is 2. The number of aromatic nitrogens is 2. The van der Waals surface area contributed by atoms with Crippen LogP contribution in [0.1, 0.15) is 19.2 Å². The summed E-state index contributed by atoms with van der Waals surface area (Å²) in [5, 5.41) is 2.31. The summed E-state index contributed by atoms with van der Waals surface area (Å²) >= 11 is 0. The van der Waals surface area contributed by atoms with E-state index in [9.17, 15) is 0 Å². The fourth-order valence-corrected chi connectivity index (χ4v) is 2.23. The Labute approximate surface area is 123 Å². The number of nitrogen functional groups attached to an aromatic ring is 1. The van der Waals surface area contributed by atoms with Crippen LogP contribution in [0.3, 0.4) is 0 Å². The highest BCUT2D eigenvalue weighted by Gasteiger charge is 2.05. The maximum absolute atomic E-state index is 5.82. The van der Waals surface area contributed by atoms with E-state index >= 15 is 0 Å². The summed E-state index contributed by atoms with van der Waals surface area (Å²) in [4.78, 5) is 8.59. The molecule has 0 unspecified atom stereocenters. The summed E-state index contributed by atoms with van der Waals surface area (Å²) < 4.78 is 5.82. The molecule has 1 aromatic heterocycles. The quantitative estimate of drug-likeness (QED) is 0.785. The molecule has 0 bridgehead atoms. The molecule has 4 nitrogen and oxygen atoms in total. The van der Waals surface area contributed by atoms with Gasteiger partial charge in [-0.05, 0) is 29.3 Å². The second kappa shape index (κ2) is 5.79. The van der Waals surface area contributed by atoms with Gasteiger partial charge in [-0.1, -0.05) is 37.3 Å². The van der Waals surface area contributed by atoms with Crippen molar-refractivity contribution in [2.24, 2.45) is 0 Å². The van der Waals surface area contributed by atoms with Crippen LogP contribution in [0, 0.1) is 0 Å². The normalized spacial score (nSPS) is 10.7. The molecule has 2 aromatic carbocycles. The maximum atomic E-state index is 5.82. The lowest BCUT2D eigenvalue weighted by atomic mass is 10.1. The molecule has 0 aliphatic heterocycles. The lowest BCUT2D eigenvalue weighted by molar-refractivity contribution is 0.459. The Morgan fingerprint density at radius 1 is 1.00 bits per heavy atom. The van der Waals surface area contributed by atoms with E-state index < -0.39 is 0 Å². The second-order valence-electron chi connectivity index (χ2n) is 4.91. The van der Waals surface area contributed by atoms with Gasteiger partial charge in [-0.15, -0.1) is 0 Å². The first kappa shape index (κ1) is 13.4. The summed E-state index contributed by atoms with van der Waals surface area (Å²) in [5.74, 6) is 2.38. The predicted molar refractivity (Wildman–Crippen MR) is 84.5 cm³/mol. The van der Waals surface area contributed by atoms with Gasteiger partial charge in [-0.25, -0.2) is 4.98 Å². The Morgan fingerprint density at radius 3 is 2.62 bits per heavy atom. The maximum Gasteiger partial charge on any atom is 0.224 e. The van der Waals surface area contributed by atoms with Crippen molar-refractivity contribution in [1.29, 1.82) is 0 Å². The Balaban J connectivity index is 1.90. The average molecular weight is 279 g/mol. The van der Waals surface area contributed by atoms with Crippen molar-refractivity contribution in [3.63, 3.8) is 0 Å². The Bertz CT molecular complexity index is 771. The van der Waals surface area contributed by atoms with E-state index in [0.717, 1.165) is 24.0 Å². The third kappa shape index (κ3) is 3.11. The van der Waals surface area contributed by atoms with Gasteiger partial charge in [0.2, 0.25) is 5.88 Å². The van der Waals surface area contributed by atoms with Crippen molar-refractivity contribution in [3.8, 4) is 11.6 Å². The zero-order valence-electron chi connectivity index (χ0n) is 11.9. The molecule has 1 heterocycles. The first-order valence-corrected chi connectivity index (χ1v) is 7.04. The van der Waals surface area contributed by atoms with Crippen LogP contribution in [0.2, 0.25) is 0 Å². The zero-order valence-corrected chi connectivity index (χ0v) is 11.9. The monoisotopic (exact) mass is 279 g/mol. The summed E-state index contributed by atoms with van der Waals surface area (Å²) in [6.45, 7) is 2.08. The van der Waals surface area contributed by atoms with Crippen molar-refractivity contribution >= 4 is 16.6 Å². The highest BCUT2D eigenvalue weighted by atomic mass is 16.5. The third-order valence-corrected chi connectivity index (χ3v) is 3.19. The summed E-state index contributed by atoms with van der Waals surface area (Å²) in [5.41, 5.74) is 5.80. The van der Waals surface area contributed by atoms with E-state index in [-0.39, 0.29) is 0 Å². The Morgan fingerprint density at radius 2 is 1.81 bits per heavy atom. The van der Waals surface area contributed by atoms with Crippen molar-refractivity contribution < 1.29 is 4.74 Å².